The fourth-order valence-corrected chi connectivity index (χ4v) is 3.54. The molecule has 0 bridgehead atoms. The molecule has 0 radical (unpaired) electrons. The van der Waals surface area contributed by atoms with Gasteiger partial charge < -0.3 is 24.4 Å². The average molecular weight is 449 g/mol. The maximum atomic E-state index is 13.4. The Morgan fingerprint density at radius 2 is 1.69 bits per heavy atom. The Morgan fingerprint density at radius 1 is 1.06 bits per heavy atom. The lowest BCUT2D eigenvalue weighted by molar-refractivity contribution is -0.151. The van der Waals surface area contributed by atoms with Crippen molar-refractivity contribution in [2.45, 2.75) is 84.1 Å². The number of hydrogen-bond acceptors (Lipinski definition) is 6. The maximum absolute atomic E-state index is 13.4. The highest BCUT2D eigenvalue weighted by Crippen LogP contribution is 2.22. The van der Waals surface area contributed by atoms with Crippen molar-refractivity contribution in [1.82, 2.24) is 10.2 Å². The Morgan fingerprint density at radius 3 is 2.22 bits per heavy atom. The molecule has 1 aromatic rings. The molecule has 0 aromatic heterocycles. The molecule has 1 saturated heterocycles. The molecule has 1 fully saturated rings. The molecule has 1 N–H and O–H groups in total. The molecular weight excluding hydrogens is 412 g/mol. The second-order valence-electron chi connectivity index (χ2n) is 9.97. The van der Waals surface area contributed by atoms with E-state index < -0.39 is 29.7 Å². The number of nitrogens with one attached hydrogen (secondary N) is 1. The second-order valence-corrected chi connectivity index (χ2v) is 9.97. The Bertz CT molecular complexity index is 807. The van der Waals surface area contributed by atoms with Crippen LogP contribution >= 0.6 is 0 Å². The first-order valence-corrected chi connectivity index (χ1v) is 10.9. The molecule has 1 aliphatic rings. The molecule has 1 aromatic carbocycles. The summed E-state index contributed by atoms with van der Waals surface area (Å²) in [5, 5.41) is 2.69. The number of likely N-dealkylation sites (tertiary alicyclic amines) is 1. The molecule has 0 spiro atoms. The zero-order chi connectivity index (χ0) is 24.1. The maximum Gasteiger partial charge on any atom is 0.408 e. The van der Waals surface area contributed by atoms with Crippen molar-refractivity contribution in [1.29, 1.82) is 0 Å². The molecule has 1 heterocycles. The fourth-order valence-electron chi connectivity index (χ4n) is 3.54. The molecule has 8 nitrogen and oxygen atoms in total. The van der Waals surface area contributed by atoms with Crippen molar-refractivity contribution in [2.75, 3.05) is 13.7 Å². The first-order valence-electron chi connectivity index (χ1n) is 10.9. The van der Waals surface area contributed by atoms with Crippen LogP contribution in [0.4, 0.5) is 4.79 Å². The lowest BCUT2D eigenvalue weighted by Gasteiger charge is -2.29. The number of methoxy groups -OCH3 is 1. The zero-order valence-corrected chi connectivity index (χ0v) is 20.2. The first kappa shape index (κ1) is 25.5. The highest BCUT2D eigenvalue weighted by Gasteiger charge is 2.38. The number of alkyl carbamates (subject to hydrolysis) is 1. The highest BCUT2D eigenvalue weighted by molar-refractivity contribution is 5.90. The van der Waals surface area contributed by atoms with Gasteiger partial charge >= 0.3 is 12.1 Å². The quantitative estimate of drug-likeness (QED) is 0.670. The number of rotatable bonds is 6. The van der Waals surface area contributed by atoms with Gasteiger partial charge in [-0.15, -0.1) is 0 Å². The van der Waals surface area contributed by atoms with Crippen LogP contribution in [0.25, 0.3) is 0 Å². The van der Waals surface area contributed by atoms with Crippen molar-refractivity contribution < 1.29 is 28.6 Å². The minimum atomic E-state index is -0.885. The number of amides is 2. The standard InChI is InChI=1S/C24H36N2O6/c1-23(2,3)31-17-12-10-16(11-13-17)15-18(25-22(29)32-24(4,5)6)20(27)26-14-8-9-19(26)21(28)30-7/h10-13,18-19H,8-9,14-15H2,1-7H3,(H,25,29). The van der Waals surface area contributed by atoms with Gasteiger partial charge in [0.15, 0.2) is 0 Å². The van der Waals surface area contributed by atoms with Crippen molar-refractivity contribution in [3.63, 3.8) is 0 Å². The van der Waals surface area contributed by atoms with Crippen molar-refractivity contribution in [2.24, 2.45) is 0 Å². The molecule has 2 atom stereocenters. The molecule has 8 heteroatoms. The topological polar surface area (TPSA) is 94.2 Å². The minimum absolute atomic E-state index is 0.248. The highest BCUT2D eigenvalue weighted by atomic mass is 16.6. The van der Waals surface area contributed by atoms with Gasteiger partial charge in [0.05, 0.1) is 7.11 Å². The lowest BCUT2D eigenvalue weighted by Crippen LogP contribution is -2.53. The molecule has 178 valence electrons. The minimum Gasteiger partial charge on any atom is -0.488 e. The predicted octanol–water partition coefficient (Wildman–Crippen LogP) is 3.46. The summed E-state index contributed by atoms with van der Waals surface area (Å²) in [5.74, 6) is -0.0659. The van der Waals surface area contributed by atoms with Gasteiger partial charge in [-0.2, -0.15) is 0 Å². The van der Waals surface area contributed by atoms with Gasteiger partial charge in [-0.1, -0.05) is 12.1 Å². The molecule has 0 aliphatic carbocycles. The summed E-state index contributed by atoms with van der Waals surface area (Å²) in [7, 11) is 1.31. The molecule has 2 amide bonds. The molecule has 32 heavy (non-hydrogen) atoms. The number of benzene rings is 1. The van der Waals surface area contributed by atoms with Gasteiger partial charge in [-0.3, -0.25) is 4.79 Å². The van der Waals surface area contributed by atoms with Crippen LogP contribution in [-0.4, -0.2) is 59.8 Å². The van der Waals surface area contributed by atoms with Crippen molar-refractivity contribution >= 4 is 18.0 Å². The number of carbonyl (C=O) groups excluding carboxylic acids is 3. The van der Waals surface area contributed by atoms with Gasteiger partial charge in [0, 0.05) is 13.0 Å². The Balaban J connectivity index is 2.21. The van der Waals surface area contributed by atoms with Gasteiger partial charge in [0.1, 0.15) is 29.0 Å². The van der Waals surface area contributed by atoms with E-state index in [2.05, 4.69) is 5.32 Å². The Hall–Kier alpha value is -2.77. The summed E-state index contributed by atoms with van der Waals surface area (Å²) in [6.45, 7) is 11.6. The SMILES string of the molecule is COC(=O)C1CCCN1C(=O)C(Cc1ccc(OC(C)(C)C)cc1)NC(=O)OC(C)(C)C. The summed E-state index contributed by atoms with van der Waals surface area (Å²) in [4.78, 5) is 39.4. The van der Waals surface area contributed by atoms with Crippen LogP contribution in [-0.2, 0) is 25.5 Å². The normalized spacial score (nSPS) is 17.5. The number of ether oxygens (including phenoxy) is 3. The number of carbonyl (C=O) groups is 3. The number of nitrogens with zero attached hydrogens (tertiary/aromatic N) is 1. The van der Waals surface area contributed by atoms with E-state index in [0.29, 0.717) is 19.4 Å². The van der Waals surface area contributed by atoms with Gasteiger partial charge in [0.2, 0.25) is 5.91 Å². The van der Waals surface area contributed by atoms with E-state index in [-0.39, 0.29) is 17.9 Å². The van der Waals surface area contributed by atoms with Gasteiger partial charge in [0.25, 0.3) is 0 Å². The van der Waals surface area contributed by atoms with Crippen LogP contribution < -0.4 is 10.1 Å². The first-order chi connectivity index (χ1) is 14.8. The van der Waals surface area contributed by atoms with E-state index in [1.54, 1.807) is 20.8 Å². The molecule has 2 rings (SSSR count). The molecule has 0 saturated carbocycles. The Kier molecular flexibility index (Phi) is 8.15. The average Bonchev–Trinajstić information content (AvgIpc) is 3.15. The van der Waals surface area contributed by atoms with Crippen molar-refractivity contribution in [3.05, 3.63) is 29.8 Å². The number of hydrogen-bond donors (Lipinski definition) is 1. The van der Waals surface area contributed by atoms with Crippen LogP contribution in [0.3, 0.4) is 0 Å². The molecule has 1 aliphatic heterocycles. The van der Waals surface area contributed by atoms with E-state index in [0.717, 1.165) is 11.3 Å². The van der Waals surface area contributed by atoms with Crippen LogP contribution in [0.15, 0.2) is 24.3 Å². The van der Waals surface area contributed by atoms with Crippen LogP contribution in [0.5, 0.6) is 5.75 Å². The largest absolute Gasteiger partial charge is 0.488 e. The van der Waals surface area contributed by atoms with E-state index in [9.17, 15) is 14.4 Å². The number of esters is 1. The van der Waals surface area contributed by atoms with E-state index in [1.165, 1.54) is 12.0 Å². The van der Waals surface area contributed by atoms with Crippen LogP contribution in [0.2, 0.25) is 0 Å². The van der Waals surface area contributed by atoms with Gasteiger partial charge in [-0.05, 0) is 72.1 Å². The van der Waals surface area contributed by atoms with E-state index in [1.807, 2.05) is 45.0 Å². The third-order valence-electron chi connectivity index (χ3n) is 4.79. The van der Waals surface area contributed by atoms with Crippen LogP contribution in [0.1, 0.15) is 59.9 Å². The summed E-state index contributed by atoms with van der Waals surface area (Å²) in [6, 6.07) is 5.87. The van der Waals surface area contributed by atoms with Crippen LogP contribution in [0, 0.1) is 0 Å². The molecular formula is C24H36N2O6. The molecule has 2 unspecified atom stereocenters. The second kappa shape index (κ2) is 10.2. The summed E-state index contributed by atoms with van der Waals surface area (Å²) in [5.41, 5.74) is -0.183. The zero-order valence-electron chi connectivity index (χ0n) is 20.2. The summed E-state index contributed by atoms with van der Waals surface area (Å²) >= 11 is 0. The van der Waals surface area contributed by atoms with E-state index in [4.69, 9.17) is 14.2 Å². The fraction of sp³-hybridized carbons (Fsp3) is 0.625. The lowest BCUT2D eigenvalue weighted by atomic mass is 10.0. The van der Waals surface area contributed by atoms with Crippen molar-refractivity contribution in [3.8, 4) is 5.75 Å². The summed E-state index contributed by atoms with van der Waals surface area (Å²) < 4.78 is 16.1. The monoisotopic (exact) mass is 448 g/mol. The third kappa shape index (κ3) is 7.73. The Labute approximate surface area is 190 Å². The van der Waals surface area contributed by atoms with E-state index >= 15 is 0 Å². The smallest absolute Gasteiger partial charge is 0.408 e. The summed E-state index contributed by atoms with van der Waals surface area (Å²) in [6.07, 6.45) is 0.801. The van der Waals surface area contributed by atoms with Gasteiger partial charge in [-0.25, -0.2) is 9.59 Å². The third-order valence-corrected chi connectivity index (χ3v) is 4.79. The predicted molar refractivity (Wildman–Crippen MR) is 120 cm³/mol.